The van der Waals surface area contributed by atoms with Crippen molar-refractivity contribution in [3.8, 4) is 0 Å². The first-order valence-electron chi connectivity index (χ1n) is 8.00. The molecule has 0 bridgehead atoms. The first kappa shape index (κ1) is 18.1. The van der Waals surface area contributed by atoms with Crippen LogP contribution in [0.1, 0.15) is 51.2 Å². The molecule has 0 spiro atoms. The lowest BCUT2D eigenvalue weighted by molar-refractivity contribution is -0.137. The Morgan fingerprint density at radius 1 is 1.17 bits per heavy atom. The maximum absolute atomic E-state index is 12.9. The highest BCUT2D eigenvalue weighted by Gasteiger charge is 2.40. The van der Waals surface area contributed by atoms with E-state index in [-0.39, 0.29) is 16.9 Å². The van der Waals surface area contributed by atoms with Crippen molar-refractivity contribution in [3.05, 3.63) is 29.3 Å². The summed E-state index contributed by atoms with van der Waals surface area (Å²) in [5.74, 6) is 0. The van der Waals surface area contributed by atoms with Crippen molar-refractivity contribution in [2.24, 2.45) is 10.8 Å². The van der Waals surface area contributed by atoms with Gasteiger partial charge in [0.25, 0.3) is 0 Å². The summed E-state index contributed by atoms with van der Waals surface area (Å²) in [5, 5.41) is 13.3. The van der Waals surface area contributed by atoms with Crippen LogP contribution in [0.2, 0.25) is 0 Å². The van der Waals surface area contributed by atoms with Crippen molar-refractivity contribution in [1.29, 1.82) is 0 Å². The fourth-order valence-corrected chi connectivity index (χ4v) is 4.08. The van der Waals surface area contributed by atoms with E-state index in [2.05, 4.69) is 26.1 Å². The summed E-state index contributed by atoms with van der Waals surface area (Å²) in [6, 6.07) is 4.03. The lowest BCUT2D eigenvalue weighted by Gasteiger charge is -2.45. The highest BCUT2D eigenvalue weighted by molar-refractivity contribution is 5.49. The minimum Gasteiger partial charge on any atom is -0.393 e. The van der Waals surface area contributed by atoms with Crippen LogP contribution in [0.5, 0.6) is 0 Å². The summed E-state index contributed by atoms with van der Waals surface area (Å²) in [6.45, 7) is 8.55. The molecule has 2 atom stereocenters. The predicted molar refractivity (Wildman–Crippen MR) is 86.4 cm³/mol. The fraction of sp³-hybridized carbons (Fsp3) is 0.667. The van der Waals surface area contributed by atoms with Crippen molar-refractivity contribution in [3.63, 3.8) is 0 Å². The highest BCUT2D eigenvalue weighted by Crippen LogP contribution is 2.46. The van der Waals surface area contributed by atoms with Gasteiger partial charge in [-0.1, -0.05) is 20.8 Å². The molecule has 1 fully saturated rings. The van der Waals surface area contributed by atoms with Crippen LogP contribution in [0.15, 0.2) is 18.2 Å². The third-order valence-electron chi connectivity index (χ3n) is 4.55. The molecule has 2 N–H and O–H groups in total. The molecule has 0 aromatic heterocycles. The Bertz CT molecular complexity index is 568. The van der Waals surface area contributed by atoms with Gasteiger partial charge in [0.1, 0.15) is 0 Å². The van der Waals surface area contributed by atoms with Gasteiger partial charge < -0.3 is 10.4 Å². The molecule has 0 saturated heterocycles. The molecule has 1 aromatic carbocycles. The van der Waals surface area contributed by atoms with Gasteiger partial charge in [0.05, 0.1) is 11.7 Å². The largest absolute Gasteiger partial charge is 0.416 e. The van der Waals surface area contributed by atoms with Crippen molar-refractivity contribution in [2.45, 2.75) is 59.2 Å². The summed E-state index contributed by atoms with van der Waals surface area (Å²) < 4.78 is 38.7. The Morgan fingerprint density at radius 2 is 1.83 bits per heavy atom. The summed E-state index contributed by atoms with van der Waals surface area (Å²) in [4.78, 5) is 0. The van der Waals surface area contributed by atoms with Crippen LogP contribution in [0, 0.1) is 17.8 Å². The minimum atomic E-state index is -4.34. The Balaban J connectivity index is 2.13. The van der Waals surface area contributed by atoms with Crippen molar-refractivity contribution in [2.75, 3.05) is 11.9 Å². The monoisotopic (exact) mass is 329 g/mol. The van der Waals surface area contributed by atoms with Gasteiger partial charge >= 0.3 is 6.18 Å². The summed E-state index contributed by atoms with van der Waals surface area (Å²) in [7, 11) is 0. The van der Waals surface area contributed by atoms with E-state index in [4.69, 9.17) is 0 Å². The van der Waals surface area contributed by atoms with Crippen molar-refractivity contribution < 1.29 is 18.3 Å². The second-order valence-electron chi connectivity index (χ2n) is 8.15. The molecule has 1 aliphatic rings. The van der Waals surface area contributed by atoms with Gasteiger partial charge in [-0.25, -0.2) is 0 Å². The molecule has 0 aliphatic heterocycles. The zero-order chi connectivity index (χ0) is 17.5. The van der Waals surface area contributed by atoms with E-state index in [1.165, 1.54) is 0 Å². The lowest BCUT2D eigenvalue weighted by atomic mass is 9.63. The number of benzene rings is 1. The molecular weight excluding hydrogens is 303 g/mol. The summed E-state index contributed by atoms with van der Waals surface area (Å²) in [6.07, 6.45) is -2.32. The van der Waals surface area contributed by atoms with Crippen LogP contribution in [0.3, 0.4) is 0 Å². The molecule has 0 heterocycles. The van der Waals surface area contributed by atoms with Gasteiger partial charge in [-0.3, -0.25) is 0 Å². The molecule has 1 saturated carbocycles. The van der Waals surface area contributed by atoms with E-state index in [1.807, 2.05) is 0 Å². The summed E-state index contributed by atoms with van der Waals surface area (Å²) >= 11 is 0. The number of nitrogens with one attached hydrogen (secondary N) is 1. The van der Waals surface area contributed by atoms with E-state index in [0.717, 1.165) is 25.0 Å². The first-order valence-corrected chi connectivity index (χ1v) is 8.00. The number of hydrogen-bond donors (Lipinski definition) is 2. The van der Waals surface area contributed by atoms with Gasteiger partial charge in [-0.05, 0) is 60.8 Å². The Hall–Kier alpha value is -1.23. The molecule has 1 aromatic rings. The number of aliphatic hydroxyl groups is 1. The number of aliphatic hydroxyl groups excluding tert-OH is 1. The van der Waals surface area contributed by atoms with E-state index < -0.39 is 11.7 Å². The maximum atomic E-state index is 12.9. The average Bonchev–Trinajstić information content (AvgIpc) is 2.31. The van der Waals surface area contributed by atoms with Crippen LogP contribution >= 0.6 is 0 Å². The second-order valence-corrected chi connectivity index (χ2v) is 8.15. The Kier molecular flexibility index (Phi) is 4.73. The second kappa shape index (κ2) is 6.00. The molecule has 2 rings (SSSR count). The molecule has 130 valence electrons. The number of aryl methyl sites for hydroxylation is 1. The van der Waals surface area contributed by atoms with Gasteiger partial charge in [0.15, 0.2) is 0 Å². The van der Waals surface area contributed by atoms with E-state index in [1.54, 1.807) is 13.0 Å². The quantitative estimate of drug-likeness (QED) is 0.817. The Morgan fingerprint density at radius 3 is 2.39 bits per heavy atom. The van der Waals surface area contributed by atoms with Gasteiger partial charge in [-0.2, -0.15) is 13.2 Å². The van der Waals surface area contributed by atoms with Crippen LogP contribution in [-0.4, -0.2) is 17.8 Å². The number of alkyl halides is 3. The van der Waals surface area contributed by atoms with Crippen LogP contribution in [-0.2, 0) is 6.18 Å². The predicted octanol–water partition coefficient (Wildman–Crippen LogP) is 5.00. The maximum Gasteiger partial charge on any atom is 0.416 e. The average molecular weight is 329 g/mol. The number of hydrogen-bond acceptors (Lipinski definition) is 2. The molecule has 0 amide bonds. The standard InChI is InChI=1S/C18H26F3NO/c1-12-5-13(18(19,20)21)7-14(6-12)22-11-17(4)9-15(23)8-16(2,3)10-17/h5-7,15,22-23H,8-11H2,1-4H3. The summed E-state index contributed by atoms with van der Waals surface area (Å²) in [5.41, 5.74) is 0.336. The van der Waals surface area contributed by atoms with Gasteiger partial charge in [-0.15, -0.1) is 0 Å². The molecule has 23 heavy (non-hydrogen) atoms. The zero-order valence-corrected chi connectivity index (χ0v) is 14.2. The van der Waals surface area contributed by atoms with Gasteiger partial charge in [0, 0.05) is 12.2 Å². The number of halogens is 3. The van der Waals surface area contributed by atoms with Crippen molar-refractivity contribution >= 4 is 5.69 Å². The smallest absolute Gasteiger partial charge is 0.393 e. The van der Waals surface area contributed by atoms with E-state index in [9.17, 15) is 18.3 Å². The van der Waals surface area contributed by atoms with E-state index in [0.29, 0.717) is 24.2 Å². The zero-order valence-electron chi connectivity index (χ0n) is 14.2. The molecule has 0 radical (unpaired) electrons. The third kappa shape index (κ3) is 4.87. The van der Waals surface area contributed by atoms with Crippen molar-refractivity contribution in [1.82, 2.24) is 0 Å². The van der Waals surface area contributed by atoms with Gasteiger partial charge in [0.2, 0.25) is 0 Å². The van der Waals surface area contributed by atoms with Crippen LogP contribution in [0.4, 0.5) is 18.9 Å². The molecule has 2 unspecified atom stereocenters. The lowest BCUT2D eigenvalue weighted by Crippen LogP contribution is -2.42. The molecule has 5 heteroatoms. The normalized spacial score (nSPS) is 27.7. The topological polar surface area (TPSA) is 32.3 Å². The van der Waals surface area contributed by atoms with Crippen LogP contribution < -0.4 is 5.32 Å². The molecule has 1 aliphatic carbocycles. The number of rotatable bonds is 3. The fourth-order valence-electron chi connectivity index (χ4n) is 4.08. The third-order valence-corrected chi connectivity index (χ3v) is 4.55. The Labute approximate surface area is 136 Å². The molecular formula is C18H26F3NO. The number of anilines is 1. The van der Waals surface area contributed by atoms with E-state index >= 15 is 0 Å². The van der Waals surface area contributed by atoms with Crippen LogP contribution in [0.25, 0.3) is 0 Å². The molecule has 2 nitrogen and oxygen atoms in total. The minimum absolute atomic E-state index is 0.0395. The SMILES string of the molecule is Cc1cc(NCC2(C)CC(O)CC(C)(C)C2)cc(C(F)(F)F)c1. The first-order chi connectivity index (χ1) is 10.4. The highest BCUT2D eigenvalue weighted by atomic mass is 19.4.